The molecule has 1 aliphatic heterocycles. The van der Waals surface area contributed by atoms with Crippen LogP contribution in [0.5, 0.6) is 0 Å². The minimum absolute atomic E-state index is 0.239. The molecule has 0 bridgehead atoms. The predicted octanol–water partition coefficient (Wildman–Crippen LogP) is 4.11. The van der Waals surface area contributed by atoms with Crippen LogP contribution in [-0.4, -0.2) is 18.3 Å². The summed E-state index contributed by atoms with van der Waals surface area (Å²) in [7, 11) is -0.239. The first kappa shape index (κ1) is 16.6. The van der Waals surface area contributed by atoms with Crippen LogP contribution < -0.4 is 5.46 Å². The second kappa shape index (κ2) is 6.54. The SMILES string of the molecule is CCCCCCc1ccccc1B1OC(C)(C)C(C)(C)O1. The zero-order chi connectivity index (χ0) is 15.5. The summed E-state index contributed by atoms with van der Waals surface area (Å²) in [5, 5.41) is 0. The molecule has 1 saturated heterocycles. The Morgan fingerprint density at radius 2 is 1.52 bits per heavy atom. The first-order valence-electron chi connectivity index (χ1n) is 8.31. The van der Waals surface area contributed by atoms with Gasteiger partial charge in [-0.1, -0.05) is 50.5 Å². The molecular formula is C18H29BO2. The normalized spacial score (nSPS) is 20.0. The summed E-state index contributed by atoms with van der Waals surface area (Å²) in [6.45, 7) is 10.7. The van der Waals surface area contributed by atoms with Crippen LogP contribution in [0, 0.1) is 0 Å². The van der Waals surface area contributed by atoms with Gasteiger partial charge in [0, 0.05) is 0 Å². The molecule has 0 aliphatic carbocycles. The summed E-state index contributed by atoms with van der Waals surface area (Å²) in [5.41, 5.74) is 2.03. The molecule has 0 amide bonds. The van der Waals surface area contributed by atoms with Crippen molar-refractivity contribution >= 4 is 12.6 Å². The van der Waals surface area contributed by atoms with Crippen LogP contribution in [0.25, 0.3) is 0 Å². The van der Waals surface area contributed by atoms with E-state index in [-0.39, 0.29) is 18.3 Å². The summed E-state index contributed by atoms with van der Waals surface area (Å²) in [4.78, 5) is 0. The van der Waals surface area contributed by atoms with Gasteiger partial charge in [0.25, 0.3) is 0 Å². The van der Waals surface area contributed by atoms with Gasteiger partial charge in [-0.2, -0.15) is 0 Å². The molecule has 0 unspecified atom stereocenters. The van der Waals surface area contributed by atoms with E-state index in [0.717, 1.165) is 6.42 Å². The van der Waals surface area contributed by atoms with E-state index in [4.69, 9.17) is 9.31 Å². The summed E-state index contributed by atoms with van der Waals surface area (Å²) in [6.07, 6.45) is 6.25. The predicted molar refractivity (Wildman–Crippen MR) is 90.0 cm³/mol. The molecular weight excluding hydrogens is 259 g/mol. The third-order valence-corrected chi connectivity index (χ3v) is 4.86. The van der Waals surface area contributed by atoms with Gasteiger partial charge in [0.15, 0.2) is 0 Å². The molecule has 1 fully saturated rings. The van der Waals surface area contributed by atoms with Crippen molar-refractivity contribution in [1.82, 2.24) is 0 Å². The largest absolute Gasteiger partial charge is 0.495 e. The Balaban J connectivity index is 2.10. The lowest BCUT2D eigenvalue weighted by Gasteiger charge is -2.32. The lowest BCUT2D eigenvalue weighted by Crippen LogP contribution is -2.41. The average molecular weight is 288 g/mol. The lowest BCUT2D eigenvalue weighted by atomic mass is 9.75. The molecule has 1 heterocycles. The Kier molecular flexibility index (Phi) is 5.16. The molecule has 1 aliphatic rings. The fourth-order valence-corrected chi connectivity index (χ4v) is 2.70. The van der Waals surface area contributed by atoms with E-state index in [1.807, 2.05) is 0 Å². The highest BCUT2D eigenvalue weighted by molar-refractivity contribution is 6.62. The standard InChI is InChI=1S/C18H29BO2/c1-6-7-8-9-12-15-13-10-11-14-16(15)19-20-17(2,3)18(4,5)21-19/h10-11,13-14H,6-9,12H2,1-5H3. The molecule has 0 spiro atoms. The van der Waals surface area contributed by atoms with Crippen LogP contribution in [0.3, 0.4) is 0 Å². The van der Waals surface area contributed by atoms with E-state index in [9.17, 15) is 0 Å². The number of hydrogen-bond donors (Lipinski definition) is 0. The molecule has 3 heteroatoms. The molecule has 0 radical (unpaired) electrons. The highest BCUT2D eigenvalue weighted by Crippen LogP contribution is 2.36. The van der Waals surface area contributed by atoms with Gasteiger partial charge in [0.2, 0.25) is 0 Å². The summed E-state index contributed by atoms with van der Waals surface area (Å²) in [5.74, 6) is 0. The van der Waals surface area contributed by atoms with Gasteiger partial charge in [-0.3, -0.25) is 0 Å². The molecule has 21 heavy (non-hydrogen) atoms. The van der Waals surface area contributed by atoms with Crippen molar-refractivity contribution in [2.75, 3.05) is 0 Å². The summed E-state index contributed by atoms with van der Waals surface area (Å²) in [6, 6.07) is 8.56. The smallest absolute Gasteiger partial charge is 0.399 e. The Bertz CT molecular complexity index is 452. The topological polar surface area (TPSA) is 18.5 Å². The fraction of sp³-hybridized carbons (Fsp3) is 0.667. The maximum absolute atomic E-state index is 6.20. The summed E-state index contributed by atoms with van der Waals surface area (Å²) >= 11 is 0. The number of aryl methyl sites for hydroxylation is 1. The van der Waals surface area contributed by atoms with E-state index in [1.165, 1.54) is 36.7 Å². The Morgan fingerprint density at radius 1 is 0.905 bits per heavy atom. The van der Waals surface area contributed by atoms with Gasteiger partial charge in [0.05, 0.1) is 11.2 Å². The highest BCUT2D eigenvalue weighted by Gasteiger charge is 2.52. The Labute approximate surface area is 130 Å². The zero-order valence-electron chi connectivity index (χ0n) is 14.2. The minimum atomic E-state index is -0.271. The van der Waals surface area contributed by atoms with Crippen LogP contribution in [0.1, 0.15) is 65.9 Å². The molecule has 2 rings (SSSR count). The van der Waals surface area contributed by atoms with Crippen LogP contribution in [0.2, 0.25) is 0 Å². The van der Waals surface area contributed by atoms with Crippen LogP contribution >= 0.6 is 0 Å². The minimum Gasteiger partial charge on any atom is -0.399 e. The van der Waals surface area contributed by atoms with Gasteiger partial charge >= 0.3 is 7.12 Å². The van der Waals surface area contributed by atoms with Gasteiger partial charge < -0.3 is 9.31 Å². The van der Waals surface area contributed by atoms with E-state index in [2.05, 4.69) is 58.9 Å². The van der Waals surface area contributed by atoms with Crippen LogP contribution in [-0.2, 0) is 15.7 Å². The second-order valence-corrected chi connectivity index (χ2v) is 7.10. The molecule has 0 N–H and O–H groups in total. The lowest BCUT2D eigenvalue weighted by molar-refractivity contribution is 0.00578. The van der Waals surface area contributed by atoms with Crippen molar-refractivity contribution in [3.05, 3.63) is 29.8 Å². The second-order valence-electron chi connectivity index (χ2n) is 7.10. The maximum atomic E-state index is 6.20. The molecule has 0 aromatic heterocycles. The van der Waals surface area contributed by atoms with Gasteiger partial charge in [-0.15, -0.1) is 0 Å². The number of unbranched alkanes of at least 4 members (excludes halogenated alkanes) is 3. The zero-order valence-corrected chi connectivity index (χ0v) is 14.2. The average Bonchev–Trinajstić information content (AvgIpc) is 2.64. The van der Waals surface area contributed by atoms with Gasteiger partial charge in [-0.05, 0) is 51.6 Å². The first-order valence-corrected chi connectivity index (χ1v) is 8.31. The van der Waals surface area contributed by atoms with E-state index in [0.29, 0.717) is 0 Å². The number of rotatable bonds is 6. The molecule has 1 aromatic rings. The van der Waals surface area contributed by atoms with Gasteiger partial charge in [0.1, 0.15) is 0 Å². The van der Waals surface area contributed by atoms with E-state index < -0.39 is 0 Å². The quantitative estimate of drug-likeness (QED) is 0.579. The van der Waals surface area contributed by atoms with Crippen molar-refractivity contribution < 1.29 is 9.31 Å². The maximum Gasteiger partial charge on any atom is 0.495 e. The fourth-order valence-electron chi connectivity index (χ4n) is 2.70. The number of benzene rings is 1. The Morgan fingerprint density at radius 3 is 2.14 bits per heavy atom. The molecule has 2 nitrogen and oxygen atoms in total. The number of hydrogen-bond acceptors (Lipinski definition) is 2. The van der Waals surface area contributed by atoms with Crippen LogP contribution in [0.4, 0.5) is 0 Å². The van der Waals surface area contributed by atoms with Crippen molar-refractivity contribution in [3.8, 4) is 0 Å². The summed E-state index contributed by atoms with van der Waals surface area (Å²) < 4.78 is 12.4. The van der Waals surface area contributed by atoms with Gasteiger partial charge in [-0.25, -0.2) is 0 Å². The molecule has 0 atom stereocenters. The van der Waals surface area contributed by atoms with Crippen molar-refractivity contribution in [3.63, 3.8) is 0 Å². The van der Waals surface area contributed by atoms with Crippen molar-refractivity contribution in [2.24, 2.45) is 0 Å². The highest BCUT2D eigenvalue weighted by atomic mass is 16.7. The van der Waals surface area contributed by atoms with E-state index >= 15 is 0 Å². The van der Waals surface area contributed by atoms with Crippen molar-refractivity contribution in [1.29, 1.82) is 0 Å². The third-order valence-electron chi connectivity index (χ3n) is 4.86. The van der Waals surface area contributed by atoms with Crippen molar-refractivity contribution in [2.45, 2.75) is 77.9 Å². The van der Waals surface area contributed by atoms with Crippen LogP contribution in [0.15, 0.2) is 24.3 Å². The molecule has 1 aromatic carbocycles. The third kappa shape index (κ3) is 3.70. The van der Waals surface area contributed by atoms with E-state index in [1.54, 1.807) is 0 Å². The monoisotopic (exact) mass is 288 g/mol. The Hall–Kier alpha value is -0.795. The molecule has 116 valence electrons. The molecule has 0 saturated carbocycles. The first-order chi connectivity index (χ1) is 9.87.